The van der Waals surface area contributed by atoms with Crippen molar-refractivity contribution >= 4 is 29.5 Å². The van der Waals surface area contributed by atoms with Crippen molar-refractivity contribution in [2.45, 2.75) is 69.1 Å². The molecule has 1 unspecified atom stereocenters. The van der Waals surface area contributed by atoms with Gasteiger partial charge in [0.1, 0.15) is 16.7 Å². The zero-order chi connectivity index (χ0) is 31.8. The second-order valence-corrected chi connectivity index (χ2v) is 13.7. The number of nitrogens with one attached hydrogen (secondary N) is 1. The van der Waals surface area contributed by atoms with Crippen LogP contribution in [0.5, 0.6) is 5.88 Å². The van der Waals surface area contributed by atoms with Crippen LogP contribution in [0.25, 0.3) is 5.82 Å². The Kier molecular flexibility index (Phi) is 8.49. The van der Waals surface area contributed by atoms with Gasteiger partial charge in [-0.05, 0) is 82.6 Å². The standard InChI is InChI=1S/C32H38F3N7O2S/c1-4-17-42-29(43)23-10-11-25(41-18-12-26(39-41)44-19-15-31(13-14-31)32(33,34)35)38-28(23)40-21-22(20-30(40,2)3)7-6-16-36-24-8-5-9-27(37-24)45-42/h4-5,8-12,18,22H,1,6-7,13-17,19-21H2,2-3H3,(H,36,37). The number of aromatic nitrogens is 4. The Morgan fingerprint density at radius 2 is 2.00 bits per heavy atom. The number of nitrogens with zero attached hydrogens (tertiary/aromatic N) is 6. The third kappa shape index (κ3) is 6.63. The van der Waals surface area contributed by atoms with E-state index >= 15 is 0 Å². The van der Waals surface area contributed by atoms with Gasteiger partial charge >= 0.3 is 6.18 Å². The molecule has 0 spiro atoms. The second-order valence-electron chi connectivity index (χ2n) is 12.7. The van der Waals surface area contributed by atoms with Crippen molar-refractivity contribution in [3.05, 3.63) is 60.8 Å². The summed E-state index contributed by atoms with van der Waals surface area (Å²) in [5.74, 6) is 2.23. The average molecular weight is 642 g/mol. The maximum Gasteiger partial charge on any atom is 0.394 e. The van der Waals surface area contributed by atoms with Crippen molar-refractivity contribution in [3.63, 3.8) is 0 Å². The molecule has 4 bridgehead atoms. The Balaban J connectivity index is 1.31. The van der Waals surface area contributed by atoms with Crippen molar-refractivity contribution < 1.29 is 22.7 Å². The van der Waals surface area contributed by atoms with E-state index in [1.807, 2.05) is 18.2 Å². The molecule has 0 aromatic carbocycles. The lowest BCUT2D eigenvalue weighted by molar-refractivity contribution is -0.190. The van der Waals surface area contributed by atoms with Crippen molar-refractivity contribution in [3.8, 4) is 11.7 Å². The fourth-order valence-corrected chi connectivity index (χ4v) is 7.14. The van der Waals surface area contributed by atoms with Gasteiger partial charge in [0.25, 0.3) is 5.91 Å². The highest BCUT2D eigenvalue weighted by Crippen LogP contribution is 2.59. The first-order valence-electron chi connectivity index (χ1n) is 15.3. The van der Waals surface area contributed by atoms with Gasteiger partial charge in [0.15, 0.2) is 5.82 Å². The van der Waals surface area contributed by atoms with Crippen molar-refractivity contribution in [2.75, 3.05) is 36.5 Å². The Labute approximate surface area is 265 Å². The normalized spacial score (nSPS) is 20.9. The van der Waals surface area contributed by atoms with E-state index in [4.69, 9.17) is 14.7 Å². The van der Waals surface area contributed by atoms with Crippen LogP contribution < -0.4 is 15.0 Å². The Hall–Kier alpha value is -3.74. The minimum absolute atomic E-state index is 0.0733. The average Bonchev–Trinajstić information content (AvgIpc) is 3.55. The molecule has 0 radical (unpaired) electrons. The zero-order valence-corrected chi connectivity index (χ0v) is 26.3. The van der Waals surface area contributed by atoms with Crippen molar-refractivity contribution in [2.24, 2.45) is 11.3 Å². The fourth-order valence-electron chi connectivity index (χ4n) is 6.28. The Morgan fingerprint density at radius 3 is 2.76 bits per heavy atom. The second kappa shape index (κ2) is 12.2. The number of carbonyl (C=O) groups excluding carboxylic acids is 1. The molecule has 2 fully saturated rings. The number of hydrogen-bond donors (Lipinski definition) is 1. The van der Waals surface area contributed by atoms with Crippen LogP contribution in [0.15, 0.2) is 60.3 Å². The molecule has 3 aromatic rings. The van der Waals surface area contributed by atoms with E-state index in [0.29, 0.717) is 34.7 Å². The van der Waals surface area contributed by atoms with E-state index in [1.165, 1.54) is 16.6 Å². The van der Waals surface area contributed by atoms with E-state index < -0.39 is 11.6 Å². The molecule has 1 atom stereocenters. The zero-order valence-electron chi connectivity index (χ0n) is 25.5. The summed E-state index contributed by atoms with van der Waals surface area (Å²) >= 11 is 1.26. The number of ether oxygens (including phenoxy) is 1. The number of pyridine rings is 2. The Morgan fingerprint density at radius 1 is 1.18 bits per heavy atom. The lowest BCUT2D eigenvalue weighted by Crippen LogP contribution is -2.40. The number of carbonyl (C=O) groups is 1. The molecule has 1 N–H and O–H groups in total. The van der Waals surface area contributed by atoms with E-state index in [1.54, 1.807) is 34.8 Å². The summed E-state index contributed by atoms with van der Waals surface area (Å²) in [5, 5.41) is 8.55. The lowest BCUT2D eigenvalue weighted by Gasteiger charge is -2.34. The van der Waals surface area contributed by atoms with Crippen LogP contribution in [0, 0.1) is 11.3 Å². The molecule has 1 aliphatic carbocycles. The third-order valence-electron chi connectivity index (χ3n) is 8.93. The maximum absolute atomic E-state index is 14.2. The molecule has 6 rings (SSSR count). The summed E-state index contributed by atoms with van der Waals surface area (Å²) in [7, 11) is 0. The SMILES string of the molecule is C=CCN1Sc2cccc(n2)NCCCC2CN(c3nc(-n4ccc(OCCC5(C(F)(F)F)CC5)n4)ccc3C1=O)C(C)(C)C2. The molecular weight excluding hydrogens is 603 g/mol. The third-order valence-corrected chi connectivity index (χ3v) is 9.88. The summed E-state index contributed by atoms with van der Waals surface area (Å²) in [6.07, 6.45) is 2.27. The number of anilines is 2. The first-order chi connectivity index (χ1) is 21.5. The highest BCUT2D eigenvalue weighted by atomic mass is 32.2. The molecule has 13 heteroatoms. The van der Waals surface area contributed by atoms with Crippen LogP contribution in [0.1, 0.15) is 62.7 Å². The van der Waals surface area contributed by atoms with Crippen LogP contribution in [0.3, 0.4) is 0 Å². The predicted molar refractivity (Wildman–Crippen MR) is 168 cm³/mol. The van der Waals surface area contributed by atoms with Crippen LogP contribution in [-0.2, 0) is 0 Å². The van der Waals surface area contributed by atoms with Gasteiger partial charge < -0.3 is 15.0 Å². The van der Waals surface area contributed by atoms with Crippen molar-refractivity contribution in [1.29, 1.82) is 0 Å². The minimum atomic E-state index is -4.22. The van der Waals surface area contributed by atoms with Gasteiger partial charge in [0, 0.05) is 42.8 Å². The quantitative estimate of drug-likeness (QED) is 0.220. The number of halogens is 3. The highest BCUT2D eigenvalue weighted by Gasteiger charge is 2.62. The van der Waals surface area contributed by atoms with Gasteiger partial charge in [-0.2, -0.15) is 13.2 Å². The molecule has 1 saturated carbocycles. The summed E-state index contributed by atoms with van der Waals surface area (Å²) < 4.78 is 48.7. The first-order valence-corrected chi connectivity index (χ1v) is 16.1. The van der Waals surface area contributed by atoms with Gasteiger partial charge in [0.05, 0.1) is 24.1 Å². The van der Waals surface area contributed by atoms with E-state index in [-0.39, 0.29) is 43.2 Å². The van der Waals surface area contributed by atoms with Crippen LogP contribution in [0.4, 0.5) is 24.8 Å². The molecule has 1 amide bonds. The predicted octanol–water partition coefficient (Wildman–Crippen LogP) is 6.92. The smallest absolute Gasteiger partial charge is 0.394 e. The van der Waals surface area contributed by atoms with Crippen molar-refractivity contribution in [1.82, 2.24) is 24.1 Å². The number of fused-ring (bicyclic) bond motifs is 6. The molecule has 5 heterocycles. The van der Waals surface area contributed by atoms with Gasteiger partial charge in [-0.1, -0.05) is 12.1 Å². The number of rotatable bonds is 7. The first kappa shape index (κ1) is 31.3. The van der Waals surface area contributed by atoms with E-state index in [0.717, 1.165) is 38.2 Å². The van der Waals surface area contributed by atoms with Gasteiger partial charge in [0.2, 0.25) is 5.88 Å². The van der Waals surface area contributed by atoms with Gasteiger partial charge in [-0.25, -0.2) is 14.6 Å². The number of alkyl halides is 3. The summed E-state index contributed by atoms with van der Waals surface area (Å²) in [6.45, 7) is 9.99. The molecule has 45 heavy (non-hydrogen) atoms. The van der Waals surface area contributed by atoms with Crippen LogP contribution in [-0.4, -0.2) is 67.9 Å². The molecular formula is C32H38F3N7O2S. The molecule has 1 saturated heterocycles. The minimum Gasteiger partial charge on any atom is -0.477 e. The number of hydrogen-bond acceptors (Lipinski definition) is 8. The molecule has 3 aromatic heterocycles. The maximum atomic E-state index is 14.2. The molecule has 240 valence electrons. The van der Waals surface area contributed by atoms with E-state index in [2.05, 4.69) is 35.7 Å². The molecule has 2 aliphatic heterocycles. The largest absolute Gasteiger partial charge is 0.477 e. The molecule has 3 aliphatic rings. The fraction of sp³-hybridized carbons (Fsp3) is 0.500. The summed E-state index contributed by atoms with van der Waals surface area (Å²) in [4.78, 5) is 26.1. The summed E-state index contributed by atoms with van der Waals surface area (Å²) in [6, 6.07) is 10.8. The molecule has 9 nitrogen and oxygen atoms in total. The van der Waals surface area contributed by atoms with Crippen LogP contribution in [0.2, 0.25) is 0 Å². The summed E-state index contributed by atoms with van der Waals surface area (Å²) in [5.41, 5.74) is -1.43. The van der Waals surface area contributed by atoms with E-state index in [9.17, 15) is 18.0 Å². The van der Waals surface area contributed by atoms with Gasteiger partial charge in [-0.15, -0.1) is 11.7 Å². The van der Waals surface area contributed by atoms with Gasteiger partial charge in [-0.3, -0.25) is 9.10 Å². The van der Waals surface area contributed by atoms with Crippen LogP contribution >= 0.6 is 11.9 Å². The highest BCUT2D eigenvalue weighted by molar-refractivity contribution is 7.97. The monoisotopic (exact) mass is 641 g/mol. The number of amides is 1. The topological polar surface area (TPSA) is 88.4 Å². The Bertz CT molecular complexity index is 1560. The lowest BCUT2D eigenvalue weighted by atomic mass is 9.93.